The van der Waals surface area contributed by atoms with Gasteiger partial charge in [0.05, 0.1) is 16.5 Å². The molecule has 0 radical (unpaired) electrons. The minimum absolute atomic E-state index is 0.113. The van der Waals surface area contributed by atoms with Crippen LogP contribution in [0.2, 0.25) is 0 Å². The number of phenols is 3. The van der Waals surface area contributed by atoms with Gasteiger partial charge in [-0.1, -0.05) is 0 Å². The molecule has 0 bridgehead atoms. The number of rotatable bonds is 1. The number of benzene rings is 2. The van der Waals surface area contributed by atoms with Crippen molar-refractivity contribution in [3.63, 3.8) is 0 Å². The van der Waals surface area contributed by atoms with Crippen LogP contribution in [-0.4, -0.2) is 15.3 Å². The number of hydrogen-bond donors (Lipinski definition) is 3. The molecule has 1 aliphatic carbocycles. The molecule has 0 unspecified atom stereocenters. The molecule has 4 rings (SSSR count). The Bertz CT molecular complexity index is 973. The van der Waals surface area contributed by atoms with Gasteiger partial charge in [0.25, 0.3) is 0 Å². The number of fused-ring (bicyclic) bond motifs is 2. The van der Waals surface area contributed by atoms with Crippen molar-refractivity contribution < 1.29 is 19.7 Å². The summed E-state index contributed by atoms with van der Waals surface area (Å²) in [5.41, 5.74) is 3.36. The van der Waals surface area contributed by atoms with Crippen LogP contribution in [0.4, 0.5) is 0 Å². The van der Waals surface area contributed by atoms with E-state index < -0.39 is 0 Å². The number of aryl methyl sites for hydroxylation is 1. The summed E-state index contributed by atoms with van der Waals surface area (Å²) in [6.07, 6.45) is 4.60. The van der Waals surface area contributed by atoms with E-state index >= 15 is 0 Å². The molecular weight excluding hydrogens is 304 g/mol. The maximum absolute atomic E-state index is 10.0. The molecular formula is C20H17O4+. The fourth-order valence-electron chi connectivity index (χ4n) is 3.19. The van der Waals surface area contributed by atoms with E-state index in [1.807, 2.05) is 12.1 Å². The Hall–Kier alpha value is -3.01. The molecule has 0 saturated heterocycles. The third-order valence-corrected chi connectivity index (χ3v) is 4.35. The van der Waals surface area contributed by atoms with E-state index in [0.717, 1.165) is 41.5 Å². The van der Waals surface area contributed by atoms with Gasteiger partial charge in [0.2, 0.25) is 0 Å². The van der Waals surface area contributed by atoms with E-state index in [1.165, 1.54) is 18.2 Å². The fourth-order valence-corrected chi connectivity index (χ4v) is 3.19. The molecule has 3 N–H and O–H groups in total. The van der Waals surface area contributed by atoms with E-state index in [1.54, 1.807) is 18.2 Å². The molecule has 1 aliphatic rings. The lowest BCUT2D eigenvalue weighted by atomic mass is 9.90. The van der Waals surface area contributed by atoms with Crippen molar-refractivity contribution in [3.05, 3.63) is 59.4 Å². The quantitative estimate of drug-likeness (QED) is 0.448. The van der Waals surface area contributed by atoms with Gasteiger partial charge in [-0.3, -0.25) is 0 Å². The Morgan fingerprint density at radius 1 is 0.875 bits per heavy atom. The standard InChI is InChI=1S/C20H16O4/c21-16-4-6-18(23)14(10-16)8-12-2-1-3-13-9-15-11-17(22)5-7-19(15)24-20(12)13/h4-11H,1-3H2,(H2-,21,22,23)/p+1. The first kappa shape index (κ1) is 14.6. The molecule has 0 amide bonds. The highest BCUT2D eigenvalue weighted by molar-refractivity contribution is 5.87. The van der Waals surface area contributed by atoms with Crippen LogP contribution in [0.1, 0.15) is 29.7 Å². The van der Waals surface area contributed by atoms with Gasteiger partial charge in [0.15, 0.2) is 0 Å². The third kappa shape index (κ3) is 2.56. The summed E-state index contributed by atoms with van der Waals surface area (Å²) in [4.78, 5) is 0. The molecule has 0 spiro atoms. The molecule has 0 aliphatic heterocycles. The van der Waals surface area contributed by atoms with Crippen LogP contribution in [0.25, 0.3) is 22.6 Å². The van der Waals surface area contributed by atoms with Crippen molar-refractivity contribution in [2.45, 2.75) is 19.3 Å². The van der Waals surface area contributed by atoms with Gasteiger partial charge in [0.1, 0.15) is 17.2 Å². The summed E-state index contributed by atoms with van der Waals surface area (Å²) in [7, 11) is 0. The second kappa shape index (κ2) is 5.57. The Morgan fingerprint density at radius 3 is 2.54 bits per heavy atom. The number of allylic oxidation sites excluding steroid dienone is 1. The van der Waals surface area contributed by atoms with Gasteiger partial charge in [-0.25, -0.2) is 4.42 Å². The second-order valence-electron chi connectivity index (χ2n) is 6.09. The van der Waals surface area contributed by atoms with Gasteiger partial charge >= 0.3 is 11.3 Å². The minimum atomic E-state index is 0.113. The van der Waals surface area contributed by atoms with Crippen LogP contribution in [-0.2, 0) is 6.42 Å². The lowest BCUT2D eigenvalue weighted by Crippen LogP contribution is -2.02. The predicted molar refractivity (Wildman–Crippen MR) is 92.9 cm³/mol. The molecule has 0 saturated carbocycles. The van der Waals surface area contributed by atoms with Gasteiger partial charge in [-0.2, -0.15) is 0 Å². The zero-order chi connectivity index (χ0) is 16.7. The van der Waals surface area contributed by atoms with Gasteiger partial charge in [0, 0.05) is 11.6 Å². The molecule has 4 heteroatoms. The average molecular weight is 321 g/mol. The van der Waals surface area contributed by atoms with Crippen molar-refractivity contribution in [2.75, 3.05) is 0 Å². The van der Waals surface area contributed by atoms with Crippen LogP contribution in [0.15, 0.2) is 46.9 Å². The second-order valence-corrected chi connectivity index (χ2v) is 6.09. The van der Waals surface area contributed by atoms with Crippen molar-refractivity contribution in [3.8, 4) is 17.2 Å². The summed E-state index contributed by atoms with van der Waals surface area (Å²) < 4.78 is 6.07. The van der Waals surface area contributed by atoms with Crippen LogP contribution < -0.4 is 0 Å². The summed E-state index contributed by atoms with van der Waals surface area (Å²) in [6, 6.07) is 11.6. The number of hydrogen-bond acceptors (Lipinski definition) is 3. The lowest BCUT2D eigenvalue weighted by molar-refractivity contribution is 0.459. The zero-order valence-corrected chi connectivity index (χ0v) is 13.0. The minimum Gasteiger partial charge on any atom is -0.508 e. The first-order valence-corrected chi connectivity index (χ1v) is 7.92. The zero-order valence-electron chi connectivity index (χ0n) is 13.0. The smallest absolute Gasteiger partial charge is 0.361 e. The third-order valence-electron chi connectivity index (χ3n) is 4.35. The lowest BCUT2D eigenvalue weighted by Gasteiger charge is -2.11. The van der Waals surface area contributed by atoms with Crippen molar-refractivity contribution in [1.82, 2.24) is 0 Å². The van der Waals surface area contributed by atoms with Gasteiger partial charge < -0.3 is 15.3 Å². The van der Waals surface area contributed by atoms with Gasteiger partial charge in [-0.15, -0.1) is 0 Å². The molecule has 1 heterocycles. The van der Waals surface area contributed by atoms with Crippen molar-refractivity contribution in [1.29, 1.82) is 0 Å². The fraction of sp³-hybridized carbons (Fsp3) is 0.150. The van der Waals surface area contributed by atoms with E-state index in [2.05, 4.69) is 0 Å². The highest BCUT2D eigenvalue weighted by Gasteiger charge is 2.27. The number of aromatic hydroxyl groups is 3. The van der Waals surface area contributed by atoms with E-state index in [-0.39, 0.29) is 17.2 Å². The summed E-state index contributed by atoms with van der Waals surface area (Å²) in [6.45, 7) is 0. The SMILES string of the molecule is Oc1ccc(O)c(C=C2CCCc3cc4cc(O)ccc4[o+]c32)c1. The maximum atomic E-state index is 10.0. The molecule has 2 aromatic carbocycles. The Balaban J connectivity index is 1.87. The first-order valence-electron chi connectivity index (χ1n) is 7.92. The molecule has 3 aromatic rings. The Labute approximate surface area is 138 Å². The highest BCUT2D eigenvalue weighted by Crippen LogP contribution is 2.37. The van der Waals surface area contributed by atoms with Crippen LogP contribution in [0, 0.1) is 0 Å². The normalized spacial score (nSPS) is 15.6. The van der Waals surface area contributed by atoms with E-state index in [4.69, 9.17) is 4.42 Å². The van der Waals surface area contributed by atoms with Crippen LogP contribution in [0.5, 0.6) is 17.2 Å². The molecule has 4 nitrogen and oxygen atoms in total. The molecule has 0 atom stereocenters. The molecule has 0 fully saturated rings. The van der Waals surface area contributed by atoms with E-state index in [0.29, 0.717) is 11.1 Å². The summed E-state index contributed by atoms with van der Waals surface area (Å²) in [5, 5.41) is 30.1. The summed E-state index contributed by atoms with van der Waals surface area (Å²) in [5.74, 6) is 1.26. The maximum Gasteiger partial charge on any atom is 0.361 e. The molecule has 1 aromatic heterocycles. The average Bonchev–Trinajstić information content (AvgIpc) is 2.57. The van der Waals surface area contributed by atoms with Crippen molar-refractivity contribution in [2.24, 2.45) is 0 Å². The Kier molecular flexibility index (Phi) is 3.38. The highest BCUT2D eigenvalue weighted by atomic mass is 16.3. The first-order chi connectivity index (χ1) is 11.6. The predicted octanol–water partition coefficient (Wildman–Crippen LogP) is 4.71. The summed E-state index contributed by atoms with van der Waals surface area (Å²) >= 11 is 0. The number of phenolic OH excluding ortho intramolecular Hbond substituents is 3. The molecule has 24 heavy (non-hydrogen) atoms. The van der Waals surface area contributed by atoms with Gasteiger partial charge in [-0.05, 0) is 61.7 Å². The van der Waals surface area contributed by atoms with Crippen molar-refractivity contribution >= 4 is 22.6 Å². The topological polar surface area (TPSA) is 72.0 Å². The van der Waals surface area contributed by atoms with E-state index in [9.17, 15) is 15.3 Å². The van der Waals surface area contributed by atoms with Crippen LogP contribution >= 0.6 is 0 Å². The molecule has 120 valence electrons. The van der Waals surface area contributed by atoms with Crippen LogP contribution in [0.3, 0.4) is 0 Å². The Morgan fingerprint density at radius 2 is 1.67 bits per heavy atom. The largest absolute Gasteiger partial charge is 0.508 e. The monoisotopic (exact) mass is 321 g/mol.